The minimum atomic E-state index is 0. The molecule has 0 aromatic carbocycles. The van der Waals surface area contributed by atoms with Gasteiger partial charge >= 0.3 is 0 Å². The summed E-state index contributed by atoms with van der Waals surface area (Å²) in [6, 6.07) is 0.278. The maximum absolute atomic E-state index is 5.40. The first kappa shape index (κ1) is 11.1. The molecule has 2 N–H and O–H groups in total. The third-order valence-electron chi connectivity index (χ3n) is 0.777. The second kappa shape index (κ2) is 7.21. The number of ether oxygens (including phenoxy) is 1. The van der Waals surface area contributed by atoms with Gasteiger partial charge in [-0.15, -0.1) is 12.4 Å². The molecule has 0 amide bonds. The first-order chi connectivity index (χ1) is 3.27. The number of methoxy groups -OCH3 is 1. The predicted molar refractivity (Wildman–Crippen MR) is 37.4 cm³/mol. The molecule has 1 atom stereocenters. The van der Waals surface area contributed by atoms with Crippen LogP contribution in [0.4, 0.5) is 0 Å². The Morgan fingerprint density at radius 1 is 1.62 bits per heavy atom. The second-order valence-electron chi connectivity index (χ2n) is 1.76. The average molecular weight is 140 g/mol. The fourth-order valence-corrected chi connectivity index (χ4v) is 0.304. The van der Waals surface area contributed by atoms with Crippen molar-refractivity contribution in [2.75, 3.05) is 13.7 Å². The number of hydrogen-bond acceptors (Lipinski definition) is 2. The van der Waals surface area contributed by atoms with Gasteiger partial charge < -0.3 is 10.5 Å². The highest BCUT2D eigenvalue weighted by atomic mass is 35.5. The van der Waals surface area contributed by atoms with Crippen LogP contribution in [0.25, 0.3) is 0 Å². The predicted octanol–water partition coefficient (Wildman–Crippen LogP) is 0.792. The van der Waals surface area contributed by atoms with Crippen LogP contribution in [0.2, 0.25) is 0 Å². The van der Waals surface area contributed by atoms with Crippen LogP contribution in [0.1, 0.15) is 13.3 Å². The third kappa shape index (κ3) is 9.51. The van der Waals surface area contributed by atoms with Gasteiger partial charge in [0.1, 0.15) is 0 Å². The summed E-state index contributed by atoms with van der Waals surface area (Å²) in [7, 11) is 1.68. The average Bonchev–Trinajstić information content (AvgIpc) is 1.61. The molecule has 3 heteroatoms. The maximum atomic E-state index is 5.40. The number of rotatable bonds is 3. The van der Waals surface area contributed by atoms with Gasteiger partial charge in [-0.1, -0.05) is 0 Å². The molecule has 0 aliphatic carbocycles. The molecule has 0 rings (SSSR count). The molecule has 0 radical (unpaired) electrons. The summed E-state index contributed by atoms with van der Waals surface area (Å²) in [4.78, 5) is 0. The fourth-order valence-electron chi connectivity index (χ4n) is 0.304. The van der Waals surface area contributed by atoms with Crippen molar-refractivity contribution >= 4 is 12.4 Å². The zero-order valence-electron chi connectivity index (χ0n) is 5.39. The summed E-state index contributed by atoms with van der Waals surface area (Å²) in [5.74, 6) is 0. The van der Waals surface area contributed by atoms with Crippen molar-refractivity contribution in [3.63, 3.8) is 0 Å². The number of hydrogen-bond donors (Lipinski definition) is 1. The largest absolute Gasteiger partial charge is 0.385 e. The van der Waals surface area contributed by atoms with E-state index in [1.807, 2.05) is 6.92 Å². The Labute approximate surface area is 56.8 Å². The minimum absolute atomic E-state index is 0. The van der Waals surface area contributed by atoms with Crippen LogP contribution in [-0.4, -0.2) is 19.8 Å². The summed E-state index contributed by atoms with van der Waals surface area (Å²) in [5, 5.41) is 0. The van der Waals surface area contributed by atoms with Gasteiger partial charge in [0.25, 0.3) is 0 Å². The Bertz CT molecular complexity index is 41.4. The second-order valence-corrected chi connectivity index (χ2v) is 1.76. The molecule has 0 saturated heterocycles. The van der Waals surface area contributed by atoms with E-state index in [2.05, 4.69) is 0 Å². The van der Waals surface area contributed by atoms with Crippen molar-refractivity contribution in [3.05, 3.63) is 0 Å². The fraction of sp³-hybridized carbons (Fsp3) is 1.00. The van der Waals surface area contributed by atoms with Crippen molar-refractivity contribution in [1.29, 1.82) is 0 Å². The van der Waals surface area contributed by atoms with Crippen LogP contribution in [0.5, 0.6) is 0 Å². The highest BCUT2D eigenvalue weighted by molar-refractivity contribution is 5.85. The van der Waals surface area contributed by atoms with Gasteiger partial charge in [0.2, 0.25) is 0 Å². The van der Waals surface area contributed by atoms with Crippen LogP contribution < -0.4 is 5.73 Å². The van der Waals surface area contributed by atoms with E-state index in [1.165, 1.54) is 0 Å². The lowest BCUT2D eigenvalue weighted by atomic mass is 10.3. The Kier molecular flexibility index (Phi) is 9.97. The van der Waals surface area contributed by atoms with E-state index in [9.17, 15) is 0 Å². The van der Waals surface area contributed by atoms with E-state index in [4.69, 9.17) is 10.5 Å². The molecule has 2 nitrogen and oxygen atoms in total. The summed E-state index contributed by atoms with van der Waals surface area (Å²) in [6.45, 7) is 2.75. The van der Waals surface area contributed by atoms with Crippen LogP contribution in [0.3, 0.4) is 0 Å². The van der Waals surface area contributed by atoms with Crippen LogP contribution in [0, 0.1) is 0 Å². The van der Waals surface area contributed by atoms with Gasteiger partial charge in [-0.25, -0.2) is 0 Å². The summed E-state index contributed by atoms with van der Waals surface area (Å²) in [6.07, 6.45) is 0.955. The van der Waals surface area contributed by atoms with E-state index in [0.29, 0.717) is 0 Å². The Balaban J connectivity index is 0. The summed E-state index contributed by atoms with van der Waals surface area (Å²) in [5.41, 5.74) is 5.40. The van der Waals surface area contributed by atoms with Gasteiger partial charge in [-0.2, -0.15) is 0 Å². The first-order valence-corrected chi connectivity index (χ1v) is 2.52. The van der Waals surface area contributed by atoms with Gasteiger partial charge in [-0.3, -0.25) is 0 Å². The molecular weight excluding hydrogens is 126 g/mol. The quantitative estimate of drug-likeness (QED) is 0.628. The van der Waals surface area contributed by atoms with E-state index in [1.54, 1.807) is 7.11 Å². The molecule has 0 aliphatic rings. The van der Waals surface area contributed by atoms with Crippen molar-refractivity contribution in [3.8, 4) is 0 Å². The van der Waals surface area contributed by atoms with E-state index in [-0.39, 0.29) is 18.4 Å². The van der Waals surface area contributed by atoms with Crippen LogP contribution >= 0.6 is 12.4 Å². The molecule has 0 spiro atoms. The Hall–Kier alpha value is 0.210. The molecule has 0 aliphatic heterocycles. The number of halogens is 1. The molecule has 0 aromatic heterocycles. The van der Waals surface area contributed by atoms with Gasteiger partial charge in [0.15, 0.2) is 0 Å². The molecule has 8 heavy (non-hydrogen) atoms. The highest BCUT2D eigenvalue weighted by Crippen LogP contribution is 1.83. The molecule has 0 bridgehead atoms. The van der Waals surface area contributed by atoms with Gasteiger partial charge in [-0.05, 0) is 13.3 Å². The number of nitrogens with two attached hydrogens (primary N) is 1. The monoisotopic (exact) mass is 139 g/mol. The van der Waals surface area contributed by atoms with E-state index >= 15 is 0 Å². The zero-order valence-corrected chi connectivity index (χ0v) is 6.20. The molecule has 0 saturated carbocycles. The molecule has 0 heterocycles. The topological polar surface area (TPSA) is 35.2 Å². The normalized spacial score (nSPS) is 12.4. The summed E-state index contributed by atoms with van der Waals surface area (Å²) >= 11 is 0. The van der Waals surface area contributed by atoms with Crippen molar-refractivity contribution < 1.29 is 4.74 Å². The van der Waals surface area contributed by atoms with Crippen molar-refractivity contribution in [2.45, 2.75) is 19.4 Å². The highest BCUT2D eigenvalue weighted by Gasteiger charge is 1.89. The SMILES string of the molecule is COCC[C@@H](C)N.Cl. The molecule has 0 aromatic rings. The molecular formula is C5H14ClNO. The van der Waals surface area contributed by atoms with Crippen LogP contribution in [-0.2, 0) is 4.74 Å². The standard InChI is InChI=1S/C5H13NO.ClH/c1-5(6)3-4-7-2;/h5H,3-4,6H2,1-2H3;1H/t5-;/m1./s1. The Morgan fingerprint density at radius 3 is 2.25 bits per heavy atom. The van der Waals surface area contributed by atoms with Crippen LogP contribution in [0.15, 0.2) is 0 Å². The maximum Gasteiger partial charge on any atom is 0.0476 e. The first-order valence-electron chi connectivity index (χ1n) is 2.52. The van der Waals surface area contributed by atoms with E-state index in [0.717, 1.165) is 13.0 Å². The lowest BCUT2D eigenvalue weighted by Gasteiger charge is -2.00. The van der Waals surface area contributed by atoms with Crippen molar-refractivity contribution in [2.24, 2.45) is 5.73 Å². The summed E-state index contributed by atoms with van der Waals surface area (Å²) < 4.78 is 4.77. The molecule has 52 valence electrons. The zero-order chi connectivity index (χ0) is 5.70. The lowest BCUT2D eigenvalue weighted by molar-refractivity contribution is 0.189. The minimum Gasteiger partial charge on any atom is -0.385 e. The smallest absolute Gasteiger partial charge is 0.0476 e. The Morgan fingerprint density at radius 2 is 2.12 bits per heavy atom. The van der Waals surface area contributed by atoms with E-state index < -0.39 is 0 Å². The third-order valence-corrected chi connectivity index (χ3v) is 0.777. The van der Waals surface area contributed by atoms with Gasteiger partial charge in [0.05, 0.1) is 0 Å². The van der Waals surface area contributed by atoms with Crippen molar-refractivity contribution in [1.82, 2.24) is 0 Å². The lowest BCUT2D eigenvalue weighted by Crippen LogP contribution is -2.16. The van der Waals surface area contributed by atoms with Gasteiger partial charge in [0, 0.05) is 19.8 Å². The molecule has 0 fully saturated rings. The molecule has 0 unspecified atom stereocenters.